The van der Waals surface area contributed by atoms with Gasteiger partial charge in [0.1, 0.15) is 53.0 Å². The van der Waals surface area contributed by atoms with Crippen molar-refractivity contribution in [2.75, 3.05) is 13.1 Å². The molecule has 524 valence electrons. The number of halogens is 25. The molecule has 0 bridgehead atoms. The highest BCUT2D eigenvalue weighted by molar-refractivity contribution is 7.14. The first-order valence-electron chi connectivity index (χ1n) is 32.0. The first-order valence-corrected chi connectivity index (χ1v) is 32.0. The average molecular weight is 1370 g/mol. The van der Waals surface area contributed by atoms with Gasteiger partial charge in [-0.15, -0.1) is 16.4 Å². The van der Waals surface area contributed by atoms with Crippen LogP contribution in [0, 0.1) is 116 Å². The molecule has 2 unspecified atom stereocenters. The minimum Gasteiger partial charge on any atom is -0.346 e. The zero-order valence-corrected chi connectivity index (χ0v) is 51.7. The van der Waals surface area contributed by atoms with Crippen LogP contribution in [-0.4, -0.2) is 25.4 Å². The van der Waals surface area contributed by atoms with Gasteiger partial charge >= 0.3 is 0 Å². The molecule has 93 heavy (non-hydrogen) atoms. The minimum absolute atomic E-state index is 1.37. The van der Waals surface area contributed by atoms with Crippen LogP contribution in [0.2, 0.25) is 0 Å². The van der Waals surface area contributed by atoms with Crippen molar-refractivity contribution in [3.05, 3.63) is 145 Å². The third-order valence-electron chi connectivity index (χ3n) is 17.4. The van der Waals surface area contributed by atoms with Gasteiger partial charge in [0.2, 0.25) is 5.82 Å². The Balaban J connectivity index is 0.000000435. The molecule has 2 N–H and O–H groups in total. The summed E-state index contributed by atoms with van der Waals surface area (Å²) in [4.78, 5) is 0. The topological polar surface area (TPSA) is 16.6 Å². The Kier molecular flexibility index (Phi) is 33.1. The summed E-state index contributed by atoms with van der Waals surface area (Å²) in [5.41, 5.74) is -16.8. The van der Waals surface area contributed by atoms with Crippen LogP contribution in [0.5, 0.6) is 0 Å². The van der Waals surface area contributed by atoms with E-state index < -0.39 is 179 Å². The number of rotatable bonds is 39. The van der Waals surface area contributed by atoms with E-state index in [9.17, 15) is 30.7 Å². The van der Waals surface area contributed by atoms with Crippen molar-refractivity contribution in [2.24, 2.45) is 0 Å². The lowest BCUT2D eigenvalue weighted by Crippen LogP contribution is -2.85. The van der Waals surface area contributed by atoms with E-state index in [4.69, 9.17) is 0 Å². The van der Waals surface area contributed by atoms with Gasteiger partial charge in [0.05, 0.1) is 13.1 Å². The Labute approximate surface area is 525 Å². The molecule has 0 saturated heterocycles. The summed E-state index contributed by atoms with van der Waals surface area (Å²) < 4.78 is 385. The Bertz CT molecular complexity index is 2850. The number of hydrogen-bond donors (Lipinski definition) is 1. The van der Waals surface area contributed by atoms with Crippen LogP contribution in [0.4, 0.5) is 110 Å². The largest absolute Gasteiger partial charge is 0.346 e. The lowest BCUT2D eigenvalue weighted by atomic mass is 9.04. The Morgan fingerprint density at radius 3 is 0.677 bits per heavy atom. The first kappa shape index (κ1) is 80.1. The summed E-state index contributed by atoms with van der Waals surface area (Å²) in [6, 6.07) is 0. The number of benzene rings is 4. The Morgan fingerprint density at radius 1 is 0.258 bits per heavy atom. The highest BCUT2D eigenvalue weighted by Gasteiger charge is 2.69. The van der Waals surface area contributed by atoms with Gasteiger partial charge in [-0.05, 0) is 31.0 Å². The van der Waals surface area contributed by atoms with E-state index in [1.807, 2.05) is 0 Å². The summed E-state index contributed by atoms with van der Waals surface area (Å²) in [5, 5.41) is -4.38. The fourth-order valence-corrected chi connectivity index (χ4v) is 12.6. The second-order valence-corrected chi connectivity index (χ2v) is 23.8. The van der Waals surface area contributed by atoms with Gasteiger partial charge in [-0.2, -0.15) is 0 Å². The first-order chi connectivity index (χ1) is 44.2. The quantitative estimate of drug-likeness (QED) is 0.0151. The van der Waals surface area contributed by atoms with E-state index in [1.165, 1.54) is 219 Å². The number of nitrogens with two attached hydrogens (primary N) is 1. The fourth-order valence-electron chi connectivity index (χ4n) is 12.6. The summed E-state index contributed by atoms with van der Waals surface area (Å²) >= 11 is 0. The molecule has 4 aromatic rings. The van der Waals surface area contributed by atoms with Crippen molar-refractivity contribution in [2.45, 2.75) is 231 Å². The number of unbranched alkanes of at least 4 members (excludes halogenated alkanes) is 30. The molecule has 0 fully saturated rings. The van der Waals surface area contributed by atoms with Crippen LogP contribution in [0.15, 0.2) is 23.3 Å². The zero-order valence-electron chi connectivity index (χ0n) is 51.7. The number of allylic oxidation sites excluding steroid dienone is 4. The molecule has 1 aliphatic carbocycles. The molecule has 4 aromatic carbocycles. The molecule has 1 nitrogen and oxygen atoms in total. The molecule has 2 atom stereocenters. The summed E-state index contributed by atoms with van der Waals surface area (Å²) in [6.45, 7) is 7.36. The average Bonchev–Trinajstić information content (AvgIpc) is 0.655. The maximum atomic E-state index is 16.9. The maximum Gasteiger partial charge on any atom is 0.200 e. The standard InChI is InChI=1S/C36H75N.C30HBF25/c1-3-5-7-9-11-13-15-17-19-21-23-25-27-29-31-33-35-37-36-34-32-30-28-26-24-22-20-18-16-14-12-10-8-6-4-2;32-5-1(6(33)14(41)21(48)13(5)40)30(28(55)26(53)25(52)27(54)29(30)56)31(2-7(34)15(42)22(49)16(43)8(2)35,3-9(36)17(44)23(50)18(45)10(3)37)4-11(38)19(46)24(51)20(47)12(4)39/h37H,3-36H2,1-2H3;28H/q;-1/p+1. The molecule has 0 aromatic heterocycles. The molecule has 0 saturated carbocycles. The van der Waals surface area contributed by atoms with Gasteiger partial charge in [-0.1, -0.05) is 194 Å². The molecular weight excluding hydrogens is 1290 g/mol. The molecule has 1 aliphatic rings. The molecule has 0 aliphatic heterocycles. The molecule has 0 heterocycles. The van der Waals surface area contributed by atoms with Crippen LogP contribution >= 0.6 is 0 Å². The monoisotopic (exact) mass is 1370 g/mol. The van der Waals surface area contributed by atoms with Crippen molar-refractivity contribution >= 4 is 22.5 Å². The predicted molar refractivity (Wildman–Crippen MR) is 305 cm³/mol. The highest BCUT2D eigenvalue weighted by atomic mass is 19.2. The number of quaternary nitrogens is 1. The van der Waals surface area contributed by atoms with E-state index in [-0.39, 0.29) is 0 Å². The maximum absolute atomic E-state index is 16.9. The predicted octanol–water partition coefficient (Wildman–Crippen LogP) is 21.1. The molecule has 0 amide bonds. The smallest absolute Gasteiger partial charge is 0.200 e. The van der Waals surface area contributed by atoms with E-state index in [0.717, 1.165) is 0 Å². The van der Waals surface area contributed by atoms with Crippen molar-refractivity contribution in [1.29, 1.82) is 0 Å². The lowest BCUT2D eigenvalue weighted by molar-refractivity contribution is -0.655. The molecule has 0 spiro atoms. The third kappa shape index (κ3) is 18.0. The second kappa shape index (κ2) is 38.4. The van der Waals surface area contributed by atoms with E-state index in [0.29, 0.717) is 0 Å². The summed E-state index contributed by atoms with van der Waals surface area (Å²) in [7, 11) is 0. The Hall–Kier alpha value is -5.37. The zero-order chi connectivity index (χ0) is 69.5. The highest BCUT2D eigenvalue weighted by Crippen LogP contribution is 2.57. The van der Waals surface area contributed by atoms with E-state index in [1.54, 1.807) is 0 Å². The van der Waals surface area contributed by atoms with Gasteiger partial charge in [0, 0.05) is 5.56 Å². The van der Waals surface area contributed by atoms with Crippen molar-refractivity contribution in [3.8, 4) is 0 Å². The normalized spacial score (nSPS) is 15.3. The van der Waals surface area contributed by atoms with Gasteiger partial charge in [0.15, 0.2) is 93.1 Å². The van der Waals surface area contributed by atoms with Crippen molar-refractivity contribution in [3.63, 3.8) is 0 Å². The molecule has 5 rings (SSSR count). The van der Waals surface area contributed by atoms with E-state index in [2.05, 4.69) is 19.2 Å². The SMILES string of the molecule is CCCCCCCCCCCCCCCCCC[NH2+]CCCCCCCCCCCCCCCCCC.FC1=C(F)C(F)C(c2c(F)c(F)c(F)c(F)c2F)([B-](c2c(F)c(F)c(F)c(F)c2F)(c2c(F)c(F)c(F)c(F)c2F)c2c(F)c(F)c(F)c(F)c2F)C(F)=C1F. The lowest BCUT2D eigenvalue weighted by Gasteiger charge is -2.59. The van der Waals surface area contributed by atoms with Crippen LogP contribution in [-0.2, 0) is 5.31 Å². The van der Waals surface area contributed by atoms with Crippen LogP contribution in [0.1, 0.15) is 225 Å². The second-order valence-electron chi connectivity index (χ2n) is 23.8. The Morgan fingerprint density at radius 2 is 0.452 bits per heavy atom. The van der Waals surface area contributed by atoms with Gasteiger partial charge in [0.25, 0.3) is 0 Å². The van der Waals surface area contributed by atoms with Gasteiger partial charge in [-0.25, -0.2) is 110 Å². The number of alkyl halides is 1. The van der Waals surface area contributed by atoms with E-state index >= 15 is 79.0 Å². The minimum atomic E-state index is -8.40. The fraction of sp³-hybridized carbons (Fsp3) is 0.576. The van der Waals surface area contributed by atoms with Gasteiger partial charge in [-0.3, -0.25) is 0 Å². The van der Waals surface area contributed by atoms with Gasteiger partial charge < -0.3 is 5.32 Å². The van der Waals surface area contributed by atoms with Crippen LogP contribution < -0.4 is 21.7 Å². The molecule has 0 radical (unpaired) electrons. The molecule has 27 heteroatoms. The summed E-state index contributed by atoms with van der Waals surface area (Å²) in [6.07, 6.45) is 32.7. The van der Waals surface area contributed by atoms with Crippen molar-refractivity contribution < 1.29 is 115 Å². The van der Waals surface area contributed by atoms with Crippen molar-refractivity contribution in [1.82, 2.24) is 0 Å². The van der Waals surface area contributed by atoms with Crippen LogP contribution in [0.25, 0.3) is 0 Å². The van der Waals surface area contributed by atoms with Crippen LogP contribution in [0.3, 0.4) is 0 Å². The molecular formula is C66H77BF25N. The summed E-state index contributed by atoms with van der Waals surface area (Å²) in [5.74, 6) is -96.1. The number of hydrogen-bond acceptors (Lipinski definition) is 0. The third-order valence-corrected chi connectivity index (χ3v) is 17.4.